The molecule has 0 saturated heterocycles. The van der Waals surface area contributed by atoms with Gasteiger partial charge in [-0.15, -0.1) is 0 Å². The minimum Gasteiger partial charge on any atom is -0.340 e. The predicted octanol–water partition coefficient (Wildman–Crippen LogP) is -0.739. The largest absolute Gasteiger partial charge is 1.00 e. The van der Waals surface area contributed by atoms with Crippen LogP contribution in [0.25, 0.3) is 0 Å². The van der Waals surface area contributed by atoms with Crippen LogP contribution in [0, 0.1) is 18.8 Å². The van der Waals surface area contributed by atoms with Crippen molar-refractivity contribution >= 4 is 0 Å². The molecule has 2 atom stereocenters. The zero-order chi connectivity index (χ0) is 5.28. The monoisotopic (exact) mass is 104 g/mol. The molecule has 1 aliphatic rings. The number of rotatable bonds is 0. The summed E-state index contributed by atoms with van der Waals surface area (Å²) in [6.07, 6.45) is 4.19. The molecule has 1 saturated carbocycles. The minimum absolute atomic E-state index is 0. The van der Waals surface area contributed by atoms with Crippen LogP contribution < -0.4 is 18.9 Å². The first kappa shape index (κ1) is 8.60. The van der Waals surface area contributed by atoms with Crippen LogP contribution in [-0.2, 0) is 0 Å². The molecule has 0 heterocycles. The van der Waals surface area contributed by atoms with E-state index in [0.717, 1.165) is 11.8 Å². The smallest absolute Gasteiger partial charge is 0.340 e. The molecular formula is C7H13Li. The van der Waals surface area contributed by atoms with E-state index >= 15 is 0 Å². The predicted molar refractivity (Wildman–Crippen MR) is 31.9 cm³/mol. The van der Waals surface area contributed by atoms with Gasteiger partial charge >= 0.3 is 18.9 Å². The standard InChI is InChI=1S/C7H13.Li/c1-6-4-3-5-7(6)2;/h6-7H,1,3-5H2,2H3;/q-1;+1/t6-,7-;/m0./s1. The summed E-state index contributed by atoms with van der Waals surface area (Å²) in [6.45, 7) is 6.31. The van der Waals surface area contributed by atoms with Gasteiger partial charge in [0.15, 0.2) is 0 Å². The minimum atomic E-state index is 0. The molecule has 0 N–H and O–H groups in total. The Labute approximate surface area is 64.2 Å². The Kier molecular flexibility index (Phi) is 3.86. The molecule has 0 nitrogen and oxygen atoms in total. The van der Waals surface area contributed by atoms with Crippen molar-refractivity contribution in [3.05, 3.63) is 6.92 Å². The van der Waals surface area contributed by atoms with E-state index in [2.05, 4.69) is 13.8 Å². The molecule has 0 bridgehead atoms. The van der Waals surface area contributed by atoms with Gasteiger partial charge in [0, 0.05) is 0 Å². The van der Waals surface area contributed by atoms with Crippen molar-refractivity contribution in [3.8, 4) is 0 Å². The molecule has 0 spiro atoms. The van der Waals surface area contributed by atoms with Crippen molar-refractivity contribution in [2.24, 2.45) is 11.8 Å². The zero-order valence-corrected chi connectivity index (χ0v) is 5.98. The second-order valence-electron chi connectivity index (χ2n) is 2.67. The molecule has 0 aliphatic heterocycles. The Bertz CT molecular complexity index is 53.4. The number of hydrogen-bond acceptors (Lipinski definition) is 0. The molecule has 0 aromatic rings. The van der Waals surface area contributed by atoms with Gasteiger partial charge in [-0.25, -0.2) is 0 Å². The Morgan fingerprint density at radius 1 is 1.38 bits per heavy atom. The van der Waals surface area contributed by atoms with Crippen LogP contribution in [0.4, 0.5) is 0 Å². The normalized spacial score (nSPS) is 36.8. The summed E-state index contributed by atoms with van der Waals surface area (Å²) >= 11 is 0. The van der Waals surface area contributed by atoms with Crippen LogP contribution in [0.1, 0.15) is 26.2 Å². The average molecular weight is 104 g/mol. The quantitative estimate of drug-likeness (QED) is 0.280. The number of hydrogen-bond donors (Lipinski definition) is 0. The van der Waals surface area contributed by atoms with Crippen molar-refractivity contribution < 1.29 is 18.9 Å². The van der Waals surface area contributed by atoms with Gasteiger partial charge < -0.3 is 6.92 Å². The summed E-state index contributed by atoms with van der Waals surface area (Å²) in [5.74, 6) is 1.67. The van der Waals surface area contributed by atoms with Gasteiger partial charge in [0.05, 0.1) is 0 Å². The second kappa shape index (κ2) is 3.59. The zero-order valence-electron chi connectivity index (χ0n) is 5.98. The van der Waals surface area contributed by atoms with Crippen molar-refractivity contribution in [1.29, 1.82) is 0 Å². The van der Waals surface area contributed by atoms with Gasteiger partial charge in [0.2, 0.25) is 0 Å². The molecule has 0 radical (unpaired) electrons. The van der Waals surface area contributed by atoms with Gasteiger partial charge in [0.1, 0.15) is 0 Å². The van der Waals surface area contributed by atoms with E-state index in [4.69, 9.17) is 0 Å². The van der Waals surface area contributed by atoms with E-state index in [1.165, 1.54) is 19.3 Å². The molecule has 1 fully saturated rings. The van der Waals surface area contributed by atoms with Gasteiger partial charge in [-0.1, -0.05) is 32.1 Å². The first-order chi connectivity index (χ1) is 3.30. The maximum absolute atomic E-state index is 4.02. The van der Waals surface area contributed by atoms with Crippen LogP contribution in [0.15, 0.2) is 0 Å². The fourth-order valence-corrected chi connectivity index (χ4v) is 1.22. The molecular weight excluding hydrogens is 91.0 g/mol. The van der Waals surface area contributed by atoms with Crippen LogP contribution in [-0.4, -0.2) is 0 Å². The third-order valence-electron chi connectivity index (χ3n) is 2.04. The van der Waals surface area contributed by atoms with Gasteiger partial charge in [-0.3, -0.25) is 0 Å². The molecule has 0 unspecified atom stereocenters. The van der Waals surface area contributed by atoms with Gasteiger partial charge in [-0.05, 0) is 0 Å². The summed E-state index contributed by atoms with van der Waals surface area (Å²) in [5, 5.41) is 0. The fraction of sp³-hybridized carbons (Fsp3) is 0.857. The third kappa shape index (κ3) is 1.84. The van der Waals surface area contributed by atoms with E-state index in [0.29, 0.717) is 0 Å². The van der Waals surface area contributed by atoms with Crippen LogP contribution in [0.3, 0.4) is 0 Å². The van der Waals surface area contributed by atoms with Gasteiger partial charge in [-0.2, -0.15) is 5.92 Å². The summed E-state index contributed by atoms with van der Waals surface area (Å²) < 4.78 is 0. The van der Waals surface area contributed by atoms with Crippen molar-refractivity contribution in [2.45, 2.75) is 26.2 Å². The van der Waals surface area contributed by atoms with Crippen LogP contribution >= 0.6 is 0 Å². The summed E-state index contributed by atoms with van der Waals surface area (Å²) in [7, 11) is 0. The fourth-order valence-electron chi connectivity index (χ4n) is 1.22. The van der Waals surface area contributed by atoms with E-state index in [1.54, 1.807) is 0 Å². The SMILES string of the molecule is [CH2-][C@H]1CCC[C@@H]1C.[Li+]. The first-order valence-corrected chi connectivity index (χ1v) is 3.14. The molecule has 1 rings (SSSR count). The molecule has 0 aromatic carbocycles. The van der Waals surface area contributed by atoms with Crippen molar-refractivity contribution in [1.82, 2.24) is 0 Å². The molecule has 8 heavy (non-hydrogen) atoms. The third-order valence-corrected chi connectivity index (χ3v) is 2.04. The van der Waals surface area contributed by atoms with E-state index in [-0.39, 0.29) is 18.9 Å². The van der Waals surface area contributed by atoms with E-state index in [1.807, 2.05) is 0 Å². The van der Waals surface area contributed by atoms with Gasteiger partial charge in [0.25, 0.3) is 0 Å². The van der Waals surface area contributed by atoms with Crippen LogP contribution in [0.5, 0.6) is 0 Å². The molecule has 1 heteroatoms. The summed E-state index contributed by atoms with van der Waals surface area (Å²) in [4.78, 5) is 0. The van der Waals surface area contributed by atoms with Crippen molar-refractivity contribution in [2.75, 3.05) is 0 Å². The van der Waals surface area contributed by atoms with E-state index < -0.39 is 0 Å². The molecule has 1 aliphatic carbocycles. The molecule has 0 aromatic heterocycles. The molecule has 0 amide bonds. The first-order valence-electron chi connectivity index (χ1n) is 3.14. The Morgan fingerprint density at radius 3 is 2.12 bits per heavy atom. The average Bonchev–Trinajstić information content (AvgIpc) is 1.91. The summed E-state index contributed by atoms with van der Waals surface area (Å²) in [6, 6.07) is 0. The Morgan fingerprint density at radius 2 is 2.00 bits per heavy atom. The van der Waals surface area contributed by atoms with Crippen LogP contribution in [0.2, 0.25) is 0 Å². The Balaban J connectivity index is 0.000000490. The second-order valence-corrected chi connectivity index (χ2v) is 2.67. The van der Waals surface area contributed by atoms with Crippen molar-refractivity contribution in [3.63, 3.8) is 0 Å². The maximum Gasteiger partial charge on any atom is 1.00 e. The topological polar surface area (TPSA) is 0 Å². The van der Waals surface area contributed by atoms with E-state index in [9.17, 15) is 0 Å². The Hall–Kier alpha value is 0.597. The summed E-state index contributed by atoms with van der Waals surface area (Å²) in [5.41, 5.74) is 0. The molecule has 42 valence electrons. The maximum atomic E-state index is 4.02.